The number of nitrogens with zero attached hydrogens (tertiary/aromatic N) is 2. The number of hydrogen-bond acceptors (Lipinski definition) is 7. The molecule has 0 aliphatic carbocycles. The molecule has 0 aromatic heterocycles. The topological polar surface area (TPSA) is 132 Å². The Morgan fingerprint density at radius 1 is 1.14 bits per heavy atom. The van der Waals surface area contributed by atoms with Crippen molar-refractivity contribution in [1.82, 2.24) is 10.7 Å². The van der Waals surface area contributed by atoms with Crippen LogP contribution in [-0.2, 0) is 4.79 Å². The highest BCUT2D eigenvalue weighted by Gasteiger charge is 2.17. The maximum absolute atomic E-state index is 12.2. The monoisotopic (exact) mass is 400 g/mol. The van der Waals surface area contributed by atoms with Crippen molar-refractivity contribution >= 4 is 23.7 Å². The van der Waals surface area contributed by atoms with E-state index < -0.39 is 22.8 Å². The van der Waals surface area contributed by atoms with Crippen molar-refractivity contribution < 1.29 is 24.0 Å². The van der Waals surface area contributed by atoms with Crippen LogP contribution in [0.5, 0.6) is 11.5 Å². The first-order valence-corrected chi connectivity index (χ1v) is 8.46. The van der Waals surface area contributed by atoms with E-state index in [1.165, 1.54) is 51.6 Å². The van der Waals surface area contributed by atoms with E-state index in [1.807, 2.05) is 0 Å². The van der Waals surface area contributed by atoms with Gasteiger partial charge in [0.25, 0.3) is 17.5 Å². The van der Waals surface area contributed by atoms with Gasteiger partial charge in [-0.25, -0.2) is 5.43 Å². The summed E-state index contributed by atoms with van der Waals surface area (Å²) in [5, 5.41) is 17.0. The third kappa shape index (κ3) is 5.76. The molecule has 2 aromatic rings. The van der Waals surface area contributed by atoms with E-state index in [0.29, 0.717) is 17.1 Å². The molecule has 2 aromatic carbocycles. The summed E-state index contributed by atoms with van der Waals surface area (Å²) < 4.78 is 10.4. The molecular weight excluding hydrogens is 380 g/mol. The second-order valence-electron chi connectivity index (χ2n) is 5.84. The number of carbonyl (C=O) groups excluding carboxylic acids is 2. The van der Waals surface area contributed by atoms with Crippen molar-refractivity contribution in [3.8, 4) is 11.5 Å². The van der Waals surface area contributed by atoms with Crippen molar-refractivity contribution in [2.45, 2.75) is 13.0 Å². The summed E-state index contributed by atoms with van der Waals surface area (Å²) in [6.07, 6.45) is 1.39. The number of hydrazone groups is 1. The first-order valence-electron chi connectivity index (χ1n) is 8.46. The number of amides is 2. The number of rotatable bonds is 8. The Morgan fingerprint density at radius 3 is 2.41 bits per heavy atom. The van der Waals surface area contributed by atoms with Crippen LogP contribution in [0.4, 0.5) is 5.69 Å². The fourth-order valence-corrected chi connectivity index (χ4v) is 2.28. The van der Waals surface area contributed by atoms with Crippen molar-refractivity contribution in [3.63, 3.8) is 0 Å². The van der Waals surface area contributed by atoms with Gasteiger partial charge >= 0.3 is 0 Å². The van der Waals surface area contributed by atoms with Crippen LogP contribution in [0.1, 0.15) is 22.8 Å². The van der Waals surface area contributed by atoms with Crippen LogP contribution in [0.3, 0.4) is 0 Å². The standard InChI is InChI=1S/C19H20N4O6/c1-12(21-19(25)13-4-6-15(7-5-13)23(26)27)18(24)22-20-11-14-10-16(28-2)8-9-17(14)29-3/h4-12H,1-3H3,(H,21,25)(H,22,24). The van der Waals surface area contributed by atoms with Gasteiger partial charge in [0, 0.05) is 23.3 Å². The molecule has 152 valence electrons. The molecule has 2 amide bonds. The highest BCUT2D eigenvalue weighted by atomic mass is 16.6. The number of nitro groups is 1. The Kier molecular flexibility index (Phi) is 7.24. The minimum atomic E-state index is -0.887. The van der Waals surface area contributed by atoms with Crippen molar-refractivity contribution in [1.29, 1.82) is 0 Å². The van der Waals surface area contributed by atoms with Gasteiger partial charge in [0.2, 0.25) is 0 Å². The maximum atomic E-state index is 12.2. The van der Waals surface area contributed by atoms with E-state index in [-0.39, 0.29) is 11.3 Å². The minimum Gasteiger partial charge on any atom is -0.497 e. The van der Waals surface area contributed by atoms with Gasteiger partial charge in [-0.15, -0.1) is 0 Å². The average molecular weight is 400 g/mol. The lowest BCUT2D eigenvalue weighted by molar-refractivity contribution is -0.384. The van der Waals surface area contributed by atoms with Gasteiger partial charge in [-0.05, 0) is 37.3 Å². The number of non-ortho nitro benzene ring substituents is 1. The zero-order valence-corrected chi connectivity index (χ0v) is 16.0. The Labute approximate surface area is 166 Å². The van der Waals surface area contributed by atoms with Crippen LogP contribution >= 0.6 is 0 Å². The zero-order valence-electron chi connectivity index (χ0n) is 16.0. The van der Waals surface area contributed by atoms with E-state index in [1.54, 1.807) is 18.2 Å². The first kappa shape index (κ1) is 21.4. The largest absolute Gasteiger partial charge is 0.497 e. The number of benzene rings is 2. The SMILES string of the molecule is COc1ccc(OC)c(C=NNC(=O)C(C)NC(=O)c2ccc([N+](=O)[O-])cc2)c1. The molecule has 10 heteroatoms. The van der Waals surface area contributed by atoms with Crippen LogP contribution in [-0.4, -0.2) is 43.2 Å². The summed E-state index contributed by atoms with van der Waals surface area (Å²) >= 11 is 0. The lowest BCUT2D eigenvalue weighted by Gasteiger charge is -2.12. The smallest absolute Gasteiger partial charge is 0.269 e. The quantitative estimate of drug-likeness (QED) is 0.395. The Hall–Kier alpha value is -3.95. The molecule has 2 rings (SSSR count). The van der Waals surface area contributed by atoms with Gasteiger partial charge < -0.3 is 14.8 Å². The summed E-state index contributed by atoms with van der Waals surface area (Å²) in [7, 11) is 3.04. The van der Waals surface area contributed by atoms with Gasteiger partial charge in [-0.1, -0.05) is 0 Å². The summed E-state index contributed by atoms with van der Waals surface area (Å²) in [5.74, 6) is 0.0602. The third-order valence-corrected chi connectivity index (χ3v) is 3.90. The van der Waals surface area contributed by atoms with Crippen molar-refractivity contribution in [2.24, 2.45) is 5.10 Å². The lowest BCUT2D eigenvalue weighted by Crippen LogP contribution is -2.43. The summed E-state index contributed by atoms with van der Waals surface area (Å²) in [4.78, 5) is 34.4. The van der Waals surface area contributed by atoms with E-state index in [0.717, 1.165) is 0 Å². The lowest BCUT2D eigenvalue weighted by atomic mass is 10.2. The maximum Gasteiger partial charge on any atom is 0.269 e. The van der Waals surface area contributed by atoms with Crippen molar-refractivity contribution in [3.05, 3.63) is 63.7 Å². The molecule has 0 heterocycles. The molecule has 0 radical (unpaired) electrons. The van der Waals surface area contributed by atoms with Crippen LogP contribution in [0, 0.1) is 10.1 Å². The minimum absolute atomic E-state index is 0.130. The molecule has 0 bridgehead atoms. The third-order valence-electron chi connectivity index (χ3n) is 3.90. The van der Waals surface area contributed by atoms with Gasteiger partial charge in [-0.3, -0.25) is 19.7 Å². The number of carbonyl (C=O) groups is 2. The van der Waals surface area contributed by atoms with E-state index in [2.05, 4.69) is 15.8 Å². The molecule has 1 atom stereocenters. The van der Waals surface area contributed by atoms with Gasteiger partial charge in [-0.2, -0.15) is 5.10 Å². The number of ether oxygens (including phenoxy) is 2. The fraction of sp³-hybridized carbons (Fsp3) is 0.211. The molecule has 0 spiro atoms. The molecule has 0 saturated heterocycles. The predicted octanol–water partition coefficient (Wildman–Crippen LogP) is 1.88. The molecule has 10 nitrogen and oxygen atoms in total. The van der Waals surface area contributed by atoms with E-state index in [9.17, 15) is 19.7 Å². The summed E-state index contributed by atoms with van der Waals surface area (Å²) in [6, 6.07) is 9.28. The first-order chi connectivity index (χ1) is 13.8. The number of nitrogens with one attached hydrogen (secondary N) is 2. The van der Waals surface area contributed by atoms with Crippen LogP contribution in [0.2, 0.25) is 0 Å². The molecular formula is C19H20N4O6. The second kappa shape index (κ2) is 9.83. The Bertz CT molecular complexity index is 927. The Balaban J connectivity index is 1.96. The summed E-state index contributed by atoms with van der Waals surface area (Å²) in [6.45, 7) is 1.49. The molecule has 0 fully saturated rings. The second-order valence-corrected chi connectivity index (χ2v) is 5.84. The van der Waals surface area contributed by atoms with Crippen LogP contribution in [0.25, 0.3) is 0 Å². The van der Waals surface area contributed by atoms with Crippen LogP contribution < -0.4 is 20.2 Å². The Morgan fingerprint density at radius 2 is 1.83 bits per heavy atom. The number of nitro benzene ring substituents is 1. The number of methoxy groups -OCH3 is 2. The fourth-order valence-electron chi connectivity index (χ4n) is 2.28. The molecule has 0 saturated carbocycles. The van der Waals surface area contributed by atoms with Gasteiger partial charge in [0.1, 0.15) is 17.5 Å². The van der Waals surface area contributed by atoms with Crippen LogP contribution in [0.15, 0.2) is 47.6 Å². The number of hydrogen-bond donors (Lipinski definition) is 2. The van der Waals surface area contributed by atoms with Gasteiger partial charge in [0.05, 0.1) is 25.4 Å². The molecule has 2 N–H and O–H groups in total. The highest BCUT2D eigenvalue weighted by Crippen LogP contribution is 2.22. The van der Waals surface area contributed by atoms with E-state index in [4.69, 9.17) is 9.47 Å². The van der Waals surface area contributed by atoms with Crippen molar-refractivity contribution in [2.75, 3.05) is 14.2 Å². The average Bonchev–Trinajstić information content (AvgIpc) is 2.73. The highest BCUT2D eigenvalue weighted by molar-refractivity contribution is 5.97. The summed E-state index contributed by atoms with van der Waals surface area (Å²) in [5.41, 5.74) is 2.99. The predicted molar refractivity (Wildman–Crippen MR) is 105 cm³/mol. The molecule has 0 aliphatic rings. The van der Waals surface area contributed by atoms with Gasteiger partial charge in [0.15, 0.2) is 0 Å². The molecule has 0 aliphatic heterocycles. The zero-order chi connectivity index (χ0) is 21.4. The normalized spacial score (nSPS) is 11.6. The van der Waals surface area contributed by atoms with E-state index >= 15 is 0 Å². The molecule has 29 heavy (non-hydrogen) atoms. The molecule has 1 unspecified atom stereocenters.